The summed E-state index contributed by atoms with van der Waals surface area (Å²) < 4.78 is 18.7. The highest BCUT2D eigenvalue weighted by atomic mass is 35.5. The molecule has 0 aliphatic rings. The predicted molar refractivity (Wildman–Crippen MR) is 78.3 cm³/mol. The zero-order valence-electron chi connectivity index (χ0n) is 10.5. The van der Waals surface area contributed by atoms with Crippen LogP contribution in [0.15, 0.2) is 41.5 Å². The molecule has 2 aromatic heterocycles. The maximum atomic E-state index is 13.1. The third-order valence-corrected chi connectivity index (χ3v) is 2.64. The average molecular weight is 309 g/mol. The van der Waals surface area contributed by atoms with Gasteiger partial charge in [0.1, 0.15) is 17.1 Å². The van der Waals surface area contributed by atoms with Crippen LogP contribution in [-0.2, 0) is 0 Å². The number of benzene rings is 1. The van der Waals surface area contributed by atoms with Crippen LogP contribution in [0.4, 0.5) is 10.1 Å². The molecule has 0 radical (unpaired) electrons. The molecule has 0 aliphatic heterocycles. The van der Waals surface area contributed by atoms with Crippen LogP contribution in [-0.4, -0.2) is 15.0 Å². The molecular formula is C13H10ClFN4O2. The van der Waals surface area contributed by atoms with E-state index >= 15 is 0 Å². The summed E-state index contributed by atoms with van der Waals surface area (Å²) in [5.74, 6) is 0.237. The monoisotopic (exact) mass is 308 g/mol. The number of aromatic nitrogens is 3. The van der Waals surface area contributed by atoms with Crippen LogP contribution in [0.2, 0.25) is 0 Å². The third kappa shape index (κ3) is 2.92. The van der Waals surface area contributed by atoms with Crippen molar-refractivity contribution in [2.45, 2.75) is 0 Å². The Kier molecular flexibility index (Phi) is 4.04. The summed E-state index contributed by atoms with van der Waals surface area (Å²) in [6.45, 7) is 0. The Morgan fingerprint density at radius 1 is 1.24 bits per heavy atom. The van der Waals surface area contributed by atoms with Crippen molar-refractivity contribution in [1.29, 1.82) is 0 Å². The molecule has 21 heavy (non-hydrogen) atoms. The largest absolute Gasteiger partial charge is 0.455 e. The lowest BCUT2D eigenvalue weighted by Gasteiger charge is -2.08. The molecule has 3 rings (SSSR count). The molecule has 0 spiro atoms. The Labute approximate surface area is 124 Å². The molecule has 0 amide bonds. The van der Waals surface area contributed by atoms with Crippen LogP contribution in [0.5, 0.6) is 11.5 Å². The van der Waals surface area contributed by atoms with Crippen molar-refractivity contribution < 1.29 is 9.13 Å². The van der Waals surface area contributed by atoms with Crippen LogP contribution in [0, 0.1) is 5.82 Å². The molecule has 0 aliphatic carbocycles. The molecule has 8 heteroatoms. The zero-order chi connectivity index (χ0) is 14.1. The molecule has 6 nitrogen and oxygen atoms in total. The van der Waals surface area contributed by atoms with Crippen molar-refractivity contribution in [3.63, 3.8) is 0 Å². The van der Waals surface area contributed by atoms with E-state index in [4.69, 9.17) is 10.5 Å². The van der Waals surface area contributed by atoms with Crippen LogP contribution in [0.3, 0.4) is 0 Å². The molecule has 108 valence electrons. The van der Waals surface area contributed by atoms with E-state index in [0.717, 1.165) is 6.20 Å². The van der Waals surface area contributed by atoms with Gasteiger partial charge < -0.3 is 15.5 Å². The minimum atomic E-state index is -0.514. The minimum absolute atomic E-state index is 0. The molecule has 3 N–H and O–H groups in total. The normalized spacial score (nSPS) is 10.1. The van der Waals surface area contributed by atoms with Gasteiger partial charge in [-0.1, -0.05) is 0 Å². The zero-order valence-corrected chi connectivity index (χ0v) is 11.4. The highest BCUT2D eigenvalue weighted by molar-refractivity contribution is 5.85. The second-order valence-corrected chi connectivity index (χ2v) is 4.04. The molecule has 0 bridgehead atoms. The van der Waals surface area contributed by atoms with Crippen LogP contribution < -0.4 is 16.0 Å². The SMILES string of the molecule is Cl.Nc1cc(Oc2ccnc3[nH]c(=O)cnc23)ccc1F. The number of aromatic amines is 1. The second kappa shape index (κ2) is 5.76. The Bertz CT molecular complexity index is 853. The van der Waals surface area contributed by atoms with Crippen molar-refractivity contribution in [1.82, 2.24) is 15.0 Å². The van der Waals surface area contributed by atoms with Crippen molar-refractivity contribution in [3.8, 4) is 11.5 Å². The molecule has 0 unspecified atom stereocenters. The Hall–Kier alpha value is -2.67. The lowest BCUT2D eigenvalue weighted by molar-refractivity contribution is 0.485. The number of nitrogens with zero attached hydrogens (tertiary/aromatic N) is 2. The third-order valence-electron chi connectivity index (χ3n) is 2.64. The number of H-pyrrole nitrogens is 1. The number of hydrogen-bond acceptors (Lipinski definition) is 5. The summed E-state index contributed by atoms with van der Waals surface area (Å²) in [4.78, 5) is 21.7. The van der Waals surface area contributed by atoms with E-state index in [1.807, 2.05) is 0 Å². The fraction of sp³-hybridized carbons (Fsp3) is 0. The second-order valence-electron chi connectivity index (χ2n) is 4.04. The van der Waals surface area contributed by atoms with Crippen molar-refractivity contribution >= 4 is 29.3 Å². The van der Waals surface area contributed by atoms with Gasteiger partial charge in [0.25, 0.3) is 5.56 Å². The molecule has 0 saturated heterocycles. The maximum absolute atomic E-state index is 13.1. The molecule has 2 heterocycles. The number of pyridine rings is 1. The Morgan fingerprint density at radius 3 is 2.81 bits per heavy atom. The quantitative estimate of drug-likeness (QED) is 0.708. The number of ether oxygens (including phenoxy) is 1. The van der Waals surface area contributed by atoms with Gasteiger partial charge in [-0.15, -0.1) is 12.4 Å². The summed E-state index contributed by atoms with van der Waals surface area (Å²) in [5, 5.41) is 0. The average Bonchev–Trinajstić information content (AvgIpc) is 2.43. The van der Waals surface area contributed by atoms with Crippen LogP contribution >= 0.6 is 12.4 Å². The van der Waals surface area contributed by atoms with E-state index in [1.54, 1.807) is 6.07 Å². The topological polar surface area (TPSA) is 93.9 Å². The van der Waals surface area contributed by atoms with E-state index in [-0.39, 0.29) is 23.7 Å². The minimum Gasteiger partial charge on any atom is -0.455 e. The number of nitrogen functional groups attached to an aromatic ring is 1. The molecule has 1 aromatic carbocycles. The van der Waals surface area contributed by atoms with Gasteiger partial charge >= 0.3 is 0 Å². The summed E-state index contributed by atoms with van der Waals surface area (Å²) in [5.41, 5.74) is 5.82. The van der Waals surface area contributed by atoms with Crippen molar-refractivity contribution in [3.05, 3.63) is 52.8 Å². The standard InChI is InChI=1S/C13H9FN4O2.ClH/c14-8-2-1-7(5-9(8)15)20-10-3-4-16-13-12(10)17-6-11(19)18-13;/h1-6H,15H2,(H,16,18,19);1H. The lowest BCUT2D eigenvalue weighted by atomic mass is 10.3. The first kappa shape index (κ1) is 14.7. The number of fused-ring (bicyclic) bond motifs is 1. The number of hydrogen-bond donors (Lipinski definition) is 2. The van der Waals surface area contributed by atoms with Crippen LogP contribution in [0.1, 0.15) is 0 Å². The Balaban J connectivity index is 0.00000161. The fourth-order valence-electron chi connectivity index (χ4n) is 1.72. The Morgan fingerprint density at radius 2 is 2.05 bits per heavy atom. The first-order valence-corrected chi connectivity index (χ1v) is 5.70. The van der Waals surface area contributed by atoms with E-state index in [1.165, 1.54) is 24.4 Å². The van der Waals surface area contributed by atoms with Crippen molar-refractivity contribution in [2.24, 2.45) is 0 Å². The highest BCUT2D eigenvalue weighted by Crippen LogP contribution is 2.27. The molecule has 0 saturated carbocycles. The summed E-state index contributed by atoms with van der Waals surface area (Å²) in [6.07, 6.45) is 2.61. The molecule has 0 atom stereocenters. The molecule has 3 aromatic rings. The van der Waals surface area contributed by atoms with Gasteiger partial charge in [0.05, 0.1) is 11.9 Å². The van der Waals surface area contributed by atoms with Crippen molar-refractivity contribution in [2.75, 3.05) is 5.73 Å². The summed E-state index contributed by atoms with van der Waals surface area (Å²) >= 11 is 0. The van der Waals surface area contributed by atoms with Gasteiger partial charge in [0.15, 0.2) is 11.4 Å². The number of nitrogens with two attached hydrogens (primary N) is 1. The molecule has 0 fully saturated rings. The number of rotatable bonds is 2. The van der Waals surface area contributed by atoms with Gasteiger partial charge in [-0.25, -0.2) is 14.4 Å². The van der Waals surface area contributed by atoms with Gasteiger partial charge in [-0.3, -0.25) is 4.79 Å². The number of anilines is 1. The van der Waals surface area contributed by atoms with Gasteiger partial charge in [0, 0.05) is 18.3 Å². The van der Waals surface area contributed by atoms with Gasteiger partial charge in [-0.05, 0) is 12.1 Å². The fourth-order valence-corrected chi connectivity index (χ4v) is 1.72. The van der Waals surface area contributed by atoms with E-state index < -0.39 is 5.82 Å². The van der Waals surface area contributed by atoms with E-state index in [9.17, 15) is 9.18 Å². The molecular weight excluding hydrogens is 299 g/mol. The maximum Gasteiger partial charge on any atom is 0.268 e. The summed E-state index contributed by atoms with van der Waals surface area (Å²) in [7, 11) is 0. The van der Waals surface area contributed by atoms with Crippen LogP contribution in [0.25, 0.3) is 11.2 Å². The summed E-state index contributed by atoms with van der Waals surface area (Å²) in [6, 6.07) is 5.62. The van der Waals surface area contributed by atoms with Gasteiger partial charge in [0.2, 0.25) is 0 Å². The first-order valence-electron chi connectivity index (χ1n) is 5.70. The lowest BCUT2D eigenvalue weighted by Crippen LogP contribution is -2.06. The van der Waals surface area contributed by atoms with E-state index in [0.29, 0.717) is 22.7 Å². The van der Waals surface area contributed by atoms with E-state index in [2.05, 4.69) is 15.0 Å². The number of nitrogens with one attached hydrogen (secondary N) is 1. The number of halogens is 2. The first-order chi connectivity index (χ1) is 9.63. The smallest absolute Gasteiger partial charge is 0.268 e. The van der Waals surface area contributed by atoms with Gasteiger partial charge in [-0.2, -0.15) is 0 Å². The predicted octanol–water partition coefficient (Wildman–Crippen LogP) is 2.25. The highest BCUT2D eigenvalue weighted by Gasteiger charge is 2.08.